The summed E-state index contributed by atoms with van der Waals surface area (Å²) < 4.78 is 13.4. The molecule has 0 bridgehead atoms. The summed E-state index contributed by atoms with van der Waals surface area (Å²) in [6.45, 7) is 4.80. The molecule has 0 saturated carbocycles. The lowest BCUT2D eigenvalue weighted by molar-refractivity contribution is 0.513. The van der Waals surface area contributed by atoms with E-state index in [2.05, 4.69) is 23.3 Å². The smallest absolute Gasteiger partial charge is 0.126 e. The number of rotatable bonds is 6. The Hall–Kier alpha value is -1.74. The minimum absolute atomic E-state index is 0.142. The molecular formula is C17H21FN2. The molecule has 1 aromatic heterocycles. The third-order valence-electron chi connectivity index (χ3n) is 3.48. The van der Waals surface area contributed by atoms with E-state index in [-0.39, 0.29) is 11.9 Å². The molecule has 20 heavy (non-hydrogen) atoms. The summed E-state index contributed by atoms with van der Waals surface area (Å²) in [4.78, 5) is 4.14. The van der Waals surface area contributed by atoms with Crippen LogP contribution in [0, 0.1) is 12.7 Å². The molecule has 1 unspecified atom stereocenters. The van der Waals surface area contributed by atoms with Gasteiger partial charge < -0.3 is 5.32 Å². The molecule has 1 atom stereocenters. The zero-order valence-electron chi connectivity index (χ0n) is 12.1. The minimum atomic E-state index is -0.142. The van der Waals surface area contributed by atoms with Crippen molar-refractivity contribution in [2.45, 2.75) is 32.7 Å². The second kappa shape index (κ2) is 7.15. The quantitative estimate of drug-likeness (QED) is 0.865. The van der Waals surface area contributed by atoms with Gasteiger partial charge in [0.25, 0.3) is 0 Å². The van der Waals surface area contributed by atoms with Gasteiger partial charge in [0, 0.05) is 18.4 Å². The molecule has 0 aliphatic carbocycles. The zero-order chi connectivity index (χ0) is 14.4. The molecule has 0 fully saturated rings. The maximum absolute atomic E-state index is 13.4. The normalized spacial score (nSPS) is 12.3. The maximum Gasteiger partial charge on any atom is 0.126 e. The second-order valence-electron chi connectivity index (χ2n) is 5.02. The fourth-order valence-corrected chi connectivity index (χ4v) is 2.37. The number of benzene rings is 1. The average molecular weight is 272 g/mol. The van der Waals surface area contributed by atoms with Gasteiger partial charge in [-0.05, 0) is 55.1 Å². The topological polar surface area (TPSA) is 24.9 Å². The summed E-state index contributed by atoms with van der Waals surface area (Å²) in [6.07, 6.45) is 5.63. The van der Waals surface area contributed by atoms with Gasteiger partial charge in [0.15, 0.2) is 0 Å². The molecule has 0 aliphatic heterocycles. The van der Waals surface area contributed by atoms with Gasteiger partial charge >= 0.3 is 0 Å². The SMILES string of the molecule is CCNC(CCc1cccnc1)c1ccc(F)c(C)c1. The number of pyridine rings is 1. The van der Waals surface area contributed by atoms with Crippen LogP contribution < -0.4 is 5.32 Å². The first-order chi connectivity index (χ1) is 9.70. The zero-order valence-corrected chi connectivity index (χ0v) is 12.1. The van der Waals surface area contributed by atoms with Gasteiger partial charge in [-0.15, -0.1) is 0 Å². The van der Waals surface area contributed by atoms with Gasteiger partial charge in [0.05, 0.1) is 0 Å². The molecule has 1 heterocycles. The number of hydrogen-bond donors (Lipinski definition) is 1. The first kappa shape index (κ1) is 14.7. The van der Waals surface area contributed by atoms with E-state index in [1.165, 1.54) is 5.56 Å². The van der Waals surface area contributed by atoms with Crippen LogP contribution in [-0.2, 0) is 6.42 Å². The highest BCUT2D eigenvalue weighted by molar-refractivity contribution is 5.26. The average Bonchev–Trinajstić information content (AvgIpc) is 2.47. The lowest BCUT2D eigenvalue weighted by atomic mass is 9.98. The van der Waals surface area contributed by atoms with Crippen LogP contribution >= 0.6 is 0 Å². The molecule has 0 amide bonds. The number of hydrogen-bond acceptors (Lipinski definition) is 2. The van der Waals surface area contributed by atoms with E-state index in [4.69, 9.17) is 0 Å². The molecule has 106 valence electrons. The molecule has 1 N–H and O–H groups in total. The van der Waals surface area contributed by atoms with E-state index in [1.54, 1.807) is 12.3 Å². The lowest BCUT2D eigenvalue weighted by Gasteiger charge is -2.19. The van der Waals surface area contributed by atoms with Crippen molar-refractivity contribution in [3.05, 3.63) is 65.2 Å². The molecule has 2 rings (SSSR count). The molecule has 0 saturated heterocycles. The summed E-state index contributed by atoms with van der Waals surface area (Å²) >= 11 is 0. The molecule has 2 nitrogen and oxygen atoms in total. The van der Waals surface area contributed by atoms with Crippen LogP contribution in [0.5, 0.6) is 0 Å². The molecule has 3 heteroatoms. The van der Waals surface area contributed by atoms with Crippen molar-refractivity contribution in [1.29, 1.82) is 0 Å². The van der Waals surface area contributed by atoms with Crippen molar-refractivity contribution in [3.8, 4) is 0 Å². The van der Waals surface area contributed by atoms with E-state index < -0.39 is 0 Å². The van der Waals surface area contributed by atoms with Crippen molar-refractivity contribution in [1.82, 2.24) is 10.3 Å². The molecule has 1 aromatic carbocycles. The molecular weight excluding hydrogens is 251 g/mol. The van der Waals surface area contributed by atoms with E-state index in [0.717, 1.165) is 24.9 Å². The lowest BCUT2D eigenvalue weighted by Crippen LogP contribution is -2.21. The van der Waals surface area contributed by atoms with Crippen molar-refractivity contribution in [2.75, 3.05) is 6.54 Å². The highest BCUT2D eigenvalue weighted by atomic mass is 19.1. The minimum Gasteiger partial charge on any atom is -0.310 e. The number of halogens is 1. The Morgan fingerprint density at radius 2 is 2.15 bits per heavy atom. The van der Waals surface area contributed by atoms with Crippen LogP contribution in [0.15, 0.2) is 42.7 Å². The number of nitrogens with one attached hydrogen (secondary N) is 1. The van der Waals surface area contributed by atoms with Crippen molar-refractivity contribution in [3.63, 3.8) is 0 Å². The van der Waals surface area contributed by atoms with Crippen molar-refractivity contribution >= 4 is 0 Å². The first-order valence-corrected chi connectivity index (χ1v) is 7.09. The monoisotopic (exact) mass is 272 g/mol. The largest absolute Gasteiger partial charge is 0.310 e. The van der Waals surface area contributed by atoms with E-state index in [9.17, 15) is 4.39 Å². The van der Waals surface area contributed by atoms with Gasteiger partial charge in [-0.25, -0.2) is 4.39 Å². The van der Waals surface area contributed by atoms with Crippen LogP contribution in [0.25, 0.3) is 0 Å². The standard InChI is InChI=1S/C17H21FN2/c1-3-20-17(9-6-14-5-4-10-19-12-14)15-7-8-16(18)13(2)11-15/h4-5,7-8,10-12,17,20H,3,6,9H2,1-2H3. The maximum atomic E-state index is 13.4. The number of aromatic nitrogens is 1. The second-order valence-corrected chi connectivity index (χ2v) is 5.02. The third-order valence-corrected chi connectivity index (χ3v) is 3.48. The Bertz CT molecular complexity index is 540. The Balaban J connectivity index is 2.08. The van der Waals surface area contributed by atoms with Crippen LogP contribution in [0.3, 0.4) is 0 Å². The summed E-state index contributed by atoms with van der Waals surface area (Å²) in [5.74, 6) is -0.142. The Labute approximate surface area is 120 Å². The predicted molar refractivity (Wildman–Crippen MR) is 80.1 cm³/mol. The van der Waals surface area contributed by atoms with Crippen molar-refractivity contribution < 1.29 is 4.39 Å². The molecule has 0 spiro atoms. The van der Waals surface area contributed by atoms with E-state index >= 15 is 0 Å². The molecule has 0 radical (unpaired) electrons. The van der Waals surface area contributed by atoms with Gasteiger partial charge in [-0.1, -0.05) is 25.1 Å². The van der Waals surface area contributed by atoms with Gasteiger partial charge in [-0.2, -0.15) is 0 Å². The van der Waals surface area contributed by atoms with E-state index in [1.807, 2.05) is 31.3 Å². The summed E-state index contributed by atoms with van der Waals surface area (Å²) in [5, 5.41) is 3.47. The van der Waals surface area contributed by atoms with Gasteiger partial charge in [-0.3, -0.25) is 4.98 Å². The summed E-state index contributed by atoms with van der Waals surface area (Å²) in [7, 11) is 0. The van der Waals surface area contributed by atoms with E-state index in [0.29, 0.717) is 5.56 Å². The fourth-order valence-electron chi connectivity index (χ4n) is 2.37. The summed E-state index contributed by atoms with van der Waals surface area (Å²) in [5.41, 5.74) is 3.08. The highest BCUT2D eigenvalue weighted by Gasteiger charge is 2.11. The summed E-state index contributed by atoms with van der Waals surface area (Å²) in [6, 6.07) is 9.66. The highest BCUT2D eigenvalue weighted by Crippen LogP contribution is 2.21. The van der Waals surface area contributed by atoms with Crippen molar-refractivity contribution in [2.24, 2.45) is 0 Å². The molecule has 0 aliphatic rings. The fraction of sp³-hybridized carbons (Fsp3) is 0.353. The van der Waals surface area contributed by atoms with Crippen LogP contribution in [0.4, 0.5) is 4.39 Å². The predicted octanol–water partition coefficient (Wildman–Crippen LogP) is 3.81. The Kier molecular flexibility index (Phi) is 5.24. The Morgan fingerprint density at radius 3 is 2.80 bits per heavy atom. The first-order valence-electron chi connectivity index (χ1n) is 7.09. The molecule has 2 aromatic rings. The van der Waals surface area contributed by atoms with Crippen LogP contribution in [0.2, 0.25) is 0 Å². The third kappa shape index (κ3) is 3.87. The van der Waals surface area contributed by atoms with Gasteiger partial charge in [0.1, 0.15) is 5.82 Å². The van der Waals surface area contributed by atoms with Crippen LogP contribution in [-0.4, -0.2) is 11.5 Å². The number of nitrogens with zero attached hydrogens (tertiary/aromatic N) is 1. The number of aryl methyl sites for hydroxylation is 2. The van der Waals surface area contributed by atoms with Crippen LogP contribution in [0.1, 0.15) is 36.1 Å². The van der Waals surface area contributed by atoms with Gasteiger partial charge in [0.2, 0.25) is 0 Å². The Morgan fingerprint density at radius 1 is 1.30 bits per heavy atom.